The molecule has 1 fully saturated rings. The number of likely N-dealkylation sites (N-methyl/N-ethyl adjacent to an activating group) is 1. The van der Waals surface area contributed by atoms with Gasteiger partial charge in [-0.2, -0.15) is 4.98 Å². The van der Waals surface area contributed by atoms with E-state index in [4.69, 9.17) is 11.6 Å². The highest BCUT2D eigenvalue weighted by molar-refractivity contribution is 6.30. The first-order valence-corrected chi connectivity index (χ1v) is 7.14. The molecular formula is C13H18ClN5. The molecule has 1 N–H and O–H groups in total. The highest BCUT2D eigenvalue weighted by Crippen LogP contribution is 2.16. The molecule has 0 aromatic carbocycles. The average molecular weight is 280 g/mol. The molecule has 6 heteroatoms. The second-order valence-electron chi connectivity index (χ2n) is 4.89. The lowest BCUT2D eigenvalue weighted by Crippen LogP contribution is -2.38. The normalized spacial score (nSPS) is 19.2. The molecule has 5 nitrogen and oxygen atoms in total. The van der Waals surface area contributed by atoms with Crippen LogP contribution < -0.4 is 10.2 Å². The van der Waals surface area contributed by atoms with Gasteiger partial charge in [-0.3, -0.25) is 0 Å². The van der Waals surface area contributed by atoms with E-state index in [1.807, 2.05) is 12.1 Å². The first-order valence-electron chi connectivity index (χ1n) is 6.76. The lowest BCUT2D eigenvalue weighted by molar-refractivity contribution is 0.580. The second-order valence-corrected chi connectivity index (χ2v) is 5.33. The highest BCUT2D eigenvalue weighted by Gasteiger charge is 2.19. The molecule has 3 heterocycles. The van der Waals surface area contributed by atoms with Crippen LogP contribution in [0.15, 0.2) is 18.3 Å². The molecule has 0 radical (unpaired) electrons. The molecule has 1 atom stereocenters. The van der Waals surface area contributed by atoms with Crippen molar-refractivity contribution in [3.63, 3.8) is 0 Å². The molecule has 1 saturated heterocycles. The third-order valence-electron chi connectivity index (χ3n) is 3.55. The topological polar surface area (TPSA) is 45.5 Å². The fourth-order valence-corrected chi connectivity index (χ4v) is 2.67. The number of pyridine rings is 1. The smallest absolute Gasteiger partial charge is 0.245 e. The summed E-state index contributed by atoms with van der Waals surface area (Å²) in [6, 6.07) is 4.28. The molecule has 0 amide bonds. The Morgan fingerprint density at radius 2 is 2.42 bits per heavy atom. The zero-order valence-corrected chi connectivity index (χ0v) is 11.8. The van der Waals surface area contributed by atoms with E-state index in [9.17, 15) is 0 Å². The summed E-state index contributed by atoms with van der Waals surface area (Å²) in [6.07, 6.45) is 4.28. The van der Waals surface area contributed by atoms with Gasteiger partial charge in [0.2, 0.25) is 5.95 Å². The van der Waals surface area contributed by atoms with Crippen LogP contribution in [0, 0.1) is 0 Å². The minimum atomic E-state index is 0.551. The summed E-state index contributed by atoms with van der Waals surface area (Å²) in [4.78, 5) is 6.77. The van der Waals surface area contributed by atoms with E-state index >= 15 is 0 Å². The summed E-state index contributed by atoms with van der Waals surface area (Å²) in [5.74, 6) is 0.776. The number of halogens is 1. The summed E-state index contributed by atoms with van der Waals surface area (Å²) in [7, 11) is 0. The van der Waals surface area contributed by atoms with E-state index in [2.05, 4.69) is 27.2 Å². The molecule has 1 aliphatic rings. The van der Waals surface area contributed by atoms with Gasteiger partial charge < -0.3 is 10.2 Å². The maximum atomic E-state index is 5.97. The summed E-state index contributed by atoms with van der Waals surface area (Å²) >= 11 is 5.97. The van der Waals surface area contributed by atoms with E-state index in [0.29, 0.717) is 11.1 Å². The Bertz CT molecular complexity index is 561. The summed E-state index contributed by atoms with van der Waals surface area (Å²) in [6.45, 7) is 5.12. The van der Waals surface area contributed by atoms with Crippen LogP contribution in [0.5, 0.6) is 0 Å². The molecule has 0 bridgehead atoms. The minimum Gasteiger partial charge on any atom is -0.338 e. The molecule has 3 rings (SSSR count). The molecule has 0 saturated carbocycles. The van der Waals surface area contributed by atoms with Crippen molar-refractivity contribution in [1.82, 2.24) is 19.9 Å². The van der Waals surface area contributed by atoms with E-state index in [-0.39, 0.29) is 0 Å². The van der Waals surface area contributed by atoms with Gasteiger partial charge in [0.15, 0.2) is 5.65 Å². The maximum Gasteiger partial charge on any atom is 0.245 e. The zero-order chi connectivity index (χ0) is 13.2. The van der Waals surface area contributed by atoms with Crippen LogP contribution in [0.3, 0.4) is 0 Å². The van der Waals surface area contributed by atoms with E-state index in [1.54, 1.807) is 10.7 Å². The van der Waals surface area contributed by atoms with Crippen LogP contribution in [0.2, 0.25) is 5.02 Å². The summed E-state index contributed by atoms with van der Waals surface area (Å²) in [5, 5.41) is 8.69. The van der Waals surface area contributed by atoms with Gasteiger partial charge in [0, 0.05) is 25.3 Å². The SMILES string of the molecule is CCN(CC1CCCN1)c1nc2ccc(Cl)cn2n1. The van der Waals surface area contributed by atoms with Crippen molar-refractivity contribution in [2.24, 2.45) is 0 Å². The van der Waals surface area contributed by atoms with E-state index in [1.165, 1.54) is 12.8 Å². The number of aromatic nitrogens is 3. The molecule has 0 aliphatic carbocycles. The van der Waals surface area contributed by atoms with Crippen molar-refractivity contribution in [3.8, 4) is 0 Å². The zero-order valence-electron chi connectivity index (χ0n) is 11.0. The van der Waals surface area contributed by atoms with Crippen molar-refractivity contribution in [2.45, 2.75) is 25.8 Å². The predicted molar refractivity (Wildman–Crippen MR) is 76.9 cm³/mol. The van der Waals surface area contributed by atoms with Crippen molar-refractivity contribution >= 4 is 23.2 Å². The lowest BCUT2D eigenvalue weighted by atomic mass is 10.2. The lowest BCUT2D eigenvalue weighted by Gasteiger charge is -2.22. The van der Waals surface area contributed by atoms with Gasteiger partial charge in [0.05, 0.1) is 5.02 Å². The summed E-state index contributed by atoms with van der Waals surface area (Å²) < 4.78 is 1.74. The number of hydrogen-bond donors (Lipinski definition) is 1. The van der Waals surface area contributed by atoms with Gasteiger partial charge in [-0.1, -0.05) is 11.6 Å². The third-order valence-corrected chi connectivity index (χ3v) is 3.77. The van der Waals surface area contributed by atoms with Crippen molar-refractivity contribution in [3.05, 3.63) is 23.4 Å². The Balaban J connectivity index is 1.83. The fourth-order valence-electron chi connectivity index (χ4n) is 2.51. The molecule has 1 unspecified atom stereocenters. The minimum absolute atomic E-state index is 0.551. The number of rotatable bonds is 4. The molecule has 19 heavy (non-hydrogen) atoms. The van der Waals surface area contributed by atoms with E-state index in [0.717, 1.165) is 31.2 Å². The van der Waals surface area contributed by atoms with Gasteiger partial charge >= 0.3 is 0 Å². The highest BCUT2D eigenvalue weighted by atomic mass is 35.5. The number of nitrogens with zero attached hydrogens (tertiary/aromatic N) is 4. The van der Waals surface area contributed by atoms with Crippen LogP contribution in [0.4, 0.5) is 5.95 Å². The Morgan fingerprint density at radius 3 is 3.16 bits per heavy atom. The average Bonchev–Trinajstić information content (AvgIpc) is 3.03. The number of fused-ring (bicyclic) bond motifs is 1. The van der Waals surface area contributed by atoms with Gasteiger partial charge in [-0.05, 0) is 38.4 Å². The van der Waals surface area contributed by atoms with E-state index < -0.39 is 0 Å². The van der Waals surface area contributed by atoms with Crippen molar-refractivity contribution in [2.75, 3.05) is 24.5 Å². The predicted octanol–water partition coefficient (Wildman–Crippen LogP) is 1.96. The quantitative estimate of drug-likeness (QED) is 0.929. The first-order chi connectivity index (χ1) is 9.26. The van der Waals surface area contributed by atoms with Crippen LogP contribution in [0.25, 0.3) is 5.65 Å². The monoisotopic (exact) mass is 279 g/mol. The van der Waals surface area contributed by atoms with Gasteiger partial charge in [0.25, 0.3) is 0 Å². The Kier molecular flexibility index (Phi) is 3.57. The number of anilines is 1. The van der Waals surface area contributed by atoms with Gasteiger partial charge in [0.1, 0.15) is 0 Å². The van der Waals surface area contributed by atoms with Gasteiger partial charge in [-0.15, -0.1) is 5.10 Å². The molecule has 2 aromatic heterocycles. The summed E-state index contributed by atoms with van der Waals surface area (Å²) in [5.41, 5.74) is 0.831. The Hall–Kier alpha value is -1.33. The molecule has 2 aromatic rings. The van der Waals surface area contributed by atoms with Crippen LogP contribution in [0.1, 0.15) is 19.8 Å². The second kappa shape index (κ2) is 5.35. The molecule has 102 valence electrons. The van der Waals surface area contributed by atoms with Crippen molar-refractivity contribution in [1.29, 1.82) is 0 Å². The van der Waals surface area contributed by atoms with Crippen LogP contribution in [-0.2, 0) is 0 Å². The van der Waals surface area contributed by atoms with Gasteiger partial charge in [-0.25, -0.2) is 4.52 Å². The Labute approximate surface area is 117 Å². The molecule has 0 spiro atoms. The number of nitrogens with one attached hydrogen (secondary N) is 1. The fraction of sp³-hybridized carbons (Fsp3) is 0.538. The maximum absolute atomic E-state index is 5.97. The molecular weight excluding hydrogens is 262 g/mol. The third kappa shape index (κ3) is 2.67. The largest absolute Gasteiger partial charge is 0.338 e. The molecule has 1 aliphatic heterocycles. The first kappa shape index (κ1) is 12.7. The Morgan fingerprint density at radius 1 is 1.53 bits per heavy atom. The van der Waals surface area contributed by atoms with Crippen molar-refractivity contribution < 1.29 is 0 Å². The van der Waals surface area contributed by atoms with Crippen LogP contribution in [-0.4, -0.2) is 40.3 Å². The standard InChI is InChI=1S/C13H18ClN5/c1-2-18(9-11-4-3-7-15-11)13-16-12-6-5-10(14)8-19(12)17-13/h5-6,8,11,15H,2-4,7,9H2,1H3. The number of hydrogen-bond acceptors (Lipinski definition) is 4. The van der Waals surface area contributed by atoms with Crippen LogP contribution >= 0.6 is 11.6 Å².